The van der Waals surface area contributed by atoms with Crippen LogP contribution in [0.2, 0.25) is 0 Å². The van der Waals surface area contributed by atoms with E-state index in [1.54, 1.807) is 48.8 Å². The van der Waals surface area contributed by atoms with Gasteiger partial charge in [0.05, 0.1) is 28.5 Å². The number of aliphatic hydroxyl groups is 1. The van der Waals surface area contributed by atoms with Crippen LogP contribution in [0.5, 0.6) is 0 Å². The van der Waals surface area contributed by atoms with Crippen molar-refractivity contribution in [1.29, 1.82) is 0 Å². The number of aromatic nitrogens is 4. The summed E-state index contributed by atoms with van der Waals surface area (Å²) in [6.07, 6.45) is -0.969. The number of halogens is 3. The highest BCUT2D eigenvalue weighted by Crippen LogP contribution is 2.48. The molecule has 0 saturated heterocycles. The summed E-state index contributed by atoms with van der Waals surface area (Å²) in [5.74, 6) is -0.289. The van der Waals surface area contributed by atoms with Crippen LogP contribution in [0.4, 0.5) is 19.0 Å². The maximum absolute atomic E-state index is 14.0. The molecular formula is C18H14F3N5OS. The summed E-state index contributed by atoms with van der Waals surface area (Å²) in [4.78, 5) is 7.97. The van der Waals surface area contributed by atoms with Gasteiger partial charge in [0, 0.05) is 12.4 Å². The van der Waals surface area contributed by atoms with Gasteiger partial charge in [0.15, 0.2) is 0 Å². The minimum atomic E-state index is -5.04. The maximum atomic E-state index is 14.0. The second-order valence-electron chi connectivity index (χ2n) is 6.16. The molecule has 144 valence electrons. The normalized spacial score (nSPS) is 14.3. The van der Waals surface area contributed by atoms with Crippen molar-refractivity contribution in [1.82, 2.24) is 19.7 Å². The zero-order valence-corrected chi connectivity index (χ0v) is 15.1. The number of rotatable bonds is 4. The van der Waals surface area contributed by atoms with Gasteiger partial charge < -0.3 is 10.8 Å². The smallest absolute Gasteiger partial charge is 0.384 e. The first-order valence-electron chi connectivity index (χ1n) is 8.16. The summed E-state index contributed by atoms with van der Waals surface area (Å²) < 4.78 is 43.8. The molecule has 4 aromatic rings. The zero-order valence-electron chi connectivity index (χ0n) is 14.3. The Labute approximate surface area is 161 Å². The topological polar surface area (TPSA) is 89.9 Å². The molecule has 0 bridgehead atoms. The van der Waals surface area contributed by atoms with Gasteiger partial charge in [-0.1, -0.05) is 18.2 Å². The largest absolute Gasteiger partial charge is 0.428 e. The molecule has 0 aliphatic heterocycles. The van der Waals surface area contributed by atoms with Crippen LogP contribution in [0.25, 0.3) is 10.2 Å². The van der Waals surface area contributed by atoms with Crippen LogP contribution >= 0.6 is 11.3 Å². The lowest BCUT2D eigenvalue weighted by molar-refractivity contribution is -0.248. The minimum Gasteiger partial charge on any atom is -0.384 e. The van der Waals surface area contributed by atoms with Crippen molar-refractivity contribution in [2.75, 3.05) is 5.73 Å². The summed E-state index contributed by atoms with van der Waals surface area (Å²) >= 11 is 0.764. The molecule has 0 aliphatic carbocycles. The minimum absolute atomic E-state index is 0.119. The van der Waals surface area contributed by atoms with Crippen molar-refractivity contribution in [2.24, 2.45) is 0 Å². The van der Waals surface area contributed by atoms with Gasteiger partial charge in [0.1, 0.15) is 10.8 Å². The Bertz CT molecular complexity index is 1090. The van der Waals surface area contributed by atoms with E-state index in [9.17, 15) is 18.3 Å². The molecule has 28 heavy (non-hydrogen) atoms. The standard InChI is InChI=1S/C18H14F3N5OS/c19-18(20,21)17(27,16-25-13-5-1-2-6-14(13)28-16)12-9-24-26(15(12)22)10-11-4-3-7-23-8-11/h1-9,27H,10,22H2/t17-/m1/s1. The lowest BCUT2D eigenvalue weighted by Crippen LogP contribution is -2.43. The zero-order chi connectivity index (χ0) is 19.9. The van der Waals surface area contributed by atoms with Crippen LogP contribution in [0.15, 0.2) is 55.0 Å². The molecule has 0 unspecified atom stereocenters. The lowest BCUT2D eigenvalue weighted by atomic mass is 9.96. The van der Waals surface area contributed by atoms with E-state index in [2.05, 4.69) is 15.1 Å². The van der Waals surface area contributed by atoms with Crippen molar-refractivity contribution >= 4 is 27.4 Å². The number of nitrogens with zero attached hydrogens (tertiary/aromatic N) is 4. The molecule has 4 rings (SSSR count). The van der Waals surface area contributed by atoms with Crippen molar-refractivity contribution in [3.63, 3.8) is 0 Å². The number of hydrogen-bond donors (Lipinski definition) is 2. The first kappa shape index (κ1) is 18.4. The van der Waals surface area contributed by atoms with Gasteiger partial charge in [-0.25, -0.2) is 9.67 Å². The molecule has 6 nitrogen and oxygen atoms in total. The van der Waals surface area contributed by atoms with Crippen LogP contribution in [0, 0.1) is 0 Å². The average molecular weight is 405 g/mol. The van der Waals surface area contributed by atoms with E-state index in [0.717, 1.165) is 17.5 Å². The van der Waals surface area contributed by atoms with Crippen LogP contribution in [-0.2, 0) is 12.1 Å². The van der Waals surface area contributed by atoms with Gasteiger partial charge in [-0.2, -0.15) is 18.3 Å². The number of benzene rings is 1. The van der Waals surface area contributed by atoms with Crippen molar-refractivity contribution < 1.29 is 18.3 Å². The SMILES string of the molecule is Nc1c([C@@](O)(c2nc3ccccc3s2)C(F)(F)F)cnn1Cc1cccnc1. The fourth-order valence-corrected chi connectivity index (χ4v) is 3.97. The number of hydrogen-bond acceptors (Lipinski definition) is 6. The van der Waals surface area contributed by atoms with Crippen LogP contribution < -0.4 is 5.73 Å². The first-order chi connectivity index (χ1) is 13.3. The van der Waals surface area contributed by atoms with E-state index in [1.165, 1.54) is 4.68 Å². The fraction of sp³-hybridized carbons (Fsp3) is 0.167. The van der Waals surface area contributed by atoms with Gasteiger partial charge in [0.2, 0.25) is 5.60 Å². The predicted molar refractivity (Wildman–Crippen MR) is 98.7 cm³/mol. The predicted octanol–water partition coefficient (Wildman–Crippen LogP) is 3.32. The van der Waals surface area contributed by atoms with E-state index in [1.807, 2.05) is 0 Å². The van der Waals surface area contributed by atoms with Crippen LogP contribution in [0.1, 0.15) is 16.1 Å². The Balaban J connectivity index is 1.83. The number of fused-ring (bicyclic) bond motifs is 1. The van der Waals surface area contributed by atoms with Gasteiger partial charge in [-0.05, 0) is 23.8 Å². The molecule has 1 atom stereocenters. The third-order valence-corrected chi connectivity index (χ3v) is 5.48. The van der Waals surface area contributed by atoms with Crippen molar-refractivity contribution in [2.45, 2.75) is 18.3 Å². The highest BCUT2D eigenvalue weighted by atomic mass is 32.1. The van der Waals surface area contributed by atoms with E-state index < -0.39 is 22.3 Å². The average Bonchev–Trinajstić information content (AvgIpc) is 3.26. The Kier molecular flexibility index (Phi) is 4.31. The third kappa shape index (κ3) is 2.90. The molecule has 3 N–H and O–H groups in total. The highest BCUT2D eigenvalue weighted by molar-refractivity contribution is 7.18. The molecule has 0 radical (unpaired) electrons. The number of nitrogens with two attached hydrogens (primary N) is 1. The van der Waals surface area contributed by atoms with Gasteiger partial charge in [0.25, 0.3) is 0 Å². The van der Waals surface area contributed by atoms with Gasteiger partial charge in [-0.15, -0.1) is 11.3 Å². The Morgan fingerprint density at radius 3 is 2.57 bits per heavy atom. The van der Waals surface area contributed by atoms with E-state index in [-0.39, 0.29) is 12.4 Å². The van der Waals surface area contributed by atoms with Crippen molar-refractivity contribution in [3.05, 3.63) is 71.1 Å². The molecule has 3 aromatic heterocycles. The molecule has 0 aliphatic rings. The summed E-state index contributed by atoms with van der Waals surface area (Å²) in [6, 6.07) is 10.0. The van der Waals surface area contributed by atoms with E-state index in [4.69, 9.17) is 5.73 Å². The van der Waals surface area contributed by atoms with Crippen LogP contribution in [0.3, 0.4) is 0 Å². The second-order valence-corrected chi connectivity index (χ2v) is 7.19. The first-order valence-corrected chi connectivity index (χ1v) is 8.98. The fourth-order valence-electron chi connectivity index (χ4n) is 2.88. The molecule has 0 saturated carbocycles. The number of nitrogen functional groups attached to an aromatic ring is 1. The third-order valence-electron chi connectivity index (χ3n) is 4.34. The summed E-state index contributed by atoms with van der Waals surface area (Å²) in [5.41, 5.74) is 3.12. The molecule has 0 fully saturated rings. The quantitative estimate of drug-likeness (QED) is 0.544. The number of thiazole rings is 1. The summed E-state index contributed by atoms with van der Waals surface area (Å²) in [5, 5.41) is 14.3. The molecular weight excluding hydrogens is 391 g/mol. The van der Waals surface area contributed by atoms with Crippen LogP contribution in [-0.4, -0.2) is 31.0 Å². The molecule has 0 spiro atoms. The molecule has 10 heteroatoms. The highest BCUT2D eigenvalue weighted by Gasteiger charge is 2.60. The van der Waals surface area contributed by atoms with E-state index in [0.29, 0.717) is 15.8 Å². The Morgan fingerprint density at radius 1 is 1.11 bits per heavy atom. The Morgan fingerprint density at radius 2 is 1.89 bits per heavy atom. The molecule has 1 aromatic carbocycles. The van der Waals surface area contributed by atoms with Crippen molar-refractivity contribution in [3.8, 4) is 0 Å². The van der Waals surface area contributed by atoms with Gasteiger partial charge in [-0.3, -0.25) is 4.98 Å². The summed E-state index contributed by atoms with van der Waals surface area (Å²) in [7, 11) is 0. The monoisotopic (exact) mass is 405 g/mol. The Hall–Kier alpha value is -2.98. The number of pyridine rings is 1. The van der Waals surface area contributed by atoms with Gasteiger partial charge >= 0.3 is 6.18 Å². The van der Waals surface area contributed by atoms with E-state index >= 15 is 0 Å². The molecule has 3 heterocycles. The lowest BCUT2D eigenvalue weighted by Gasteiger charge is -2.28. The number of para-hydroxylation sites is 1. The molecule has 0 amide bonds. The number of anilines is 1. The number of alkyl halides is 3. The maximum Gasteiger partial charge on any atom is 0.428 e. The second kappa shape index (κ2) is 6.57. The summed E-state index contributed by atoms with van der Waals surface area (Å²) in [6.45, 7) is 0.119.